The number of allylic oxidation sites excluding steroid dienone is 1. The zero-order valence-corrected chi connectivity index (χ0v) is 12.2. The van der Waals surface area contributed by atoms with E-state index in [-0.39, 0.29) is 12.3 Å². The van der Waals surface area contributed by atoms with Crippen molar-refractivity contribution in [3.8, 4) is 0 Å². The number of ketones is 2. The molecule has 2 unspecified atom stereocenters. The fourth-order valence-corrected chi connectivity index (χ4v) is 2.95. The Kier molecular flexibility index (Phi) is 3.73. The molecular weight excluding hydrogens is 296 g/mol. The number of carboxylic acid groups (broad SMARTS) is 1. The van der Waals surface area contributed by atoms with E-state index < -0.39 is 29.5 Å². The third kappa shape index (κ3) is 2.52. The lowest BCUT2D eigenvalue weighted by Crippen LogP contribution is -2.43. The Labute approximate surface area is 132 Å². The van der Waals surface area contributed by atoms with Crippen molar-refractivity contribution in [3.63, 3.8) is 0 Å². The van der Waals surface area contributed by atoms with Crippen molar-refractivity contribution >= 4 is 35.7 Å². The number of aliphatic carboxylic acids is 1. The topological polar surface area (TPSA) is 96.2 Å². The van der Waals surface area contributed by atoms with Crippen molar-refractivity contribution in [2.75, 3.05) is 6.54 Å². The van der Waals surface area contributed by atoms with Crippen LogP contribution in [0.25, 0.3) is 0 Å². The number of aliphatic imine (C=N–C) groups is 2. The average molecular weight is 310 g/mol. The molecule has 23 heavy (non-hydrogen) atoms. The second kappa shape index (κ2) is 5.72. The highest BCUT2D eigenvalue weighted by molar-refractivity contribution is 6.34. The maximum Gasteiger partial charge on any atom is 0.372 e. The summed E-state index contributed by atoms with van der Waals surface area (Å²) in [6.45, 7) is 0.286. The summed E-state index contributed by atoms with van der Waals surface area (Å²) in [6.07, 6.45) is 5.98. The van der Waals surface area contributed by atoms with E-state index in [0.717, 1.165) is 0 Å². The molecule has 6 nitrogen and oxygen atoms in total. The van der Waals surface area contributed by atoms with Crippen LogP contribution in [0.5, 0.6) is 0 Å². The minimum absolute atomic E-state index is 0.256. The number of fused-ring (bicyclic) bond motifs is 1. The van der Waals surface area contributed by atoms with Gasteiger partial charge in [-0.3, -0.25) is 19.6 Å². The van der Waals surface area contributed by atoms with Gasteiger partial charge >= 0.3 is 5.97 Å². The molecule has 0 amide bonds. The van der Waals surface area contributed by atoms with Gasteiger partial charge in [-0.2, -0.15) is 0 Å². The summed E-state index contributed by atoms with van der Waals surface area (Å²) in [6, 6.07) is 6.97. The van der Waals surface area contributed by atoms with Crippen molar-refractivity contribution in [2.45, 2.75) is 11.8 Å². The van der Waals surface area contributed by atoms with Crippen LogP contribution >= 0.6 is 0 Å². The number of nitrogens with zero attached hydrogens (tertiary/aromatic N) is 2. The fraction of sp³-hybridized carbons (Fsp3) is 0.235. The molecule has 0 saturated heterocycles. The Bertz CT molecular complexity index is 779. The summed E-state index contributed by atoms with van der Waals surface area (Å²) in [7, 11) is 0. The number of carbonyl (C=O) groups excluding carboxylic acids is 2. The first-order valence-electron chi connectivity index (χ1n) is 7.16. The van der Waals surface area contributed by atoms with Gasteiger partial charge in [-0.15, -0.1) is 0 Å². The standard InChI is InChI=1S/C17H14N2O4/c20-14(16(22)23)8-17(15(21)11-4-3-7-18-9-11)10-19-13-6-2-1-5-12(13)17/h1-7,10-11H,8-9H2,(H,22,23). The third-order valence-electron chi connectivity index (χ3n) is 4.10. The summed E-state index contributed by atoms with van der Waals surface area (Å²) in [4.78, 5) is 44.2. The van der Waals surface area contributed by atoms with Crippen LogP contribution in [0.15, 0.2) is 46.4 Å². The van der Waals surface area contributed by atoms with Gasteiger partial charge in [-0.1, -0.05) is 24.3 Å². The fourth-order valence-electron chi connectivity index (χ4n) is 2.95. The Balaban J connectivity index is 2.05. The normalized spacial score (nSPS) is 24.4. The minimum Gasteiger partial charge on any atom is -0.476 e. The summed E-state index contributed by atoms with van der Waals surface area (Å²) in [5, 5.41) is 8.95. The molecule has 0 radical (unpaired) electrons. The number of Topliss-reactive ketones (excluding diaryl/α,β-unsaturated/α-hetero) is 2. The number of dihydropyridines is 1. The van der Waals surface area contributed by atoms with Gasteiger partial charge in [0, 0.05) is 18.9 Å². The van der Waals surface area contributed by atoms with Crippen molar-refractivity contribution in [2.24, 2.45) is 15.9 Å². The van der Waals surface area contributed by atoms with E-state index in [0.29, 0.717) is 11.3 Å². The Morgan fingerprint density at radius 2 is 2.04 bits per heavy atom. The Hall–Kier alpha value is -2.89. The van der Waals surface area contributed by atoms with Crippen LogP contribution in [0.1, 0.15) is 12.0 Å². The van der Waals surface area contributed by atoms with Gasteiger partial charge < -0.3 is 5.11 Å². The van der Waals surface area contributed by atoms with E-state index >= 15 is 0 Å². The van der Waals surface area contributed by atoms with Crippen molar-refractivity contribution < 1.29 is 19.5 Å². The van der Waals surface area contributed by atoms with E-state index in [1.165, 1.54) is 6.21 Å². The first-order chi connectivity index (χ1) is 11.0. The molecule has 2 aliphatic rings. The number of rotatable bonds is 5. The summed E-state index contributed by atoms with van der Waals surface area (Å²) >= 11 is 0. The van der Waals surface area contributed by atoms with Crippen LogP contribution < -0.4 is 0 Å². The van der Waals surface area contributed by atoms with Crippen molar-refractivity contribution in [1.29, 1.82) is 0 Å². The second-order valence-electron chi connectivity index (χ2n) is 5.52. The molecule has 1 N–H and O–H groups in total. The largest absolute Gasteiger partial charge is 0.476 e. The predicted molar refractivity (Wildman–Crippen MR) is 84.5 cm³/mol. The molecule has 116 valence electrons. The number of para-hydroxylation sites is 1. The Morgan fingerprint density at radius 1 is 1.26 bits per heavy atom. The van der Waals surface area contributed by atoms with Crippen LogP contribution in [-0.4, -0.2) is 41.6 Å². The molecule has 1 aromatic carbocycles. The van der Waals surface area contributed by atoms with E-state index in [1.54, 1.807) is 42.6 Å². The number of carbonyl (C=O) groups is 3. The molecule has 6 heteroatoms. The Morgan fingerprint density at radius 3 is 2.74 bits per heavy atom. The first-order valence-corrected chi connectivity index (χ1v) is 7.16. The molecule has 3 rings (SSSR count). The summed E-state index contributed by atoms with van der Waals surface area (Å²) in [5.41, 5.74) is -0.182. The predicted octanol–water partition coefficient (Wildman–Crippen LogP) is 1.51. The molecular formula is C17H14N2O4. The molecule has 0 bridgehead atoms. The van der Waals surface area contributed by atoms with Gasteiger partial charge in [0.2, 0.25) is 5.78 Å². The quantitative estimate of drug-likeness (QED) is 0.834. The van der Waals surface area contributed by atoms with Gasteiger partial charge in [0.25, 0.3) is 0 Å². The maximum atomic E-state index is 13.1. The van der Waals surface area contributed by atoms with Crippen LogP contribution in [0.3, 0.4) is 0 Å². The van der Waals surface area contributed by atoms with E-state index in [4.69, 9.17) is 5.11 Å². The van der Waals surface area contributed by atoms with Gasteiger partial charge in [0.05, 0.1) is 23.6 Å². The number of hydrogen-bond donors (Lipinski definition) is 1. The lowest BCUT2D eigenvalue weighted by molar-refractivity contribution is -0.149. The van der Waals surface area contributed by atoms with Crippen LogP contribution in [0.2, 0.25) is 0 Å². The molecule has 1 aromatic rings. The minimum atomic E-state index is -1.55. The highest BCUT2D eigenvalue weighted by atomic mass is 16.4. The van der Waals surface area contributed by atoms with E-state index in [1.807, 2.05) is 0 Å². The number of carboxylic acids is 1. The zero-order chi connectivity index (χ0) is 16.4. The van der Waals surface area contributed by atoms with Gasteiger partial charge in [-0.05, 0) is 17.7 Å². The van der Waals surface area contributed by atoms with Crippen LogP contribution in [0.4, 0.5) is 5.69 Å². The number of benzene rings is 1. The third-order valence-corrected chi connectivity index (χ3v) is 4.10. The second-order valence-corrected chi connectivity index (χ2v) is 5.52. The SMILES string of the molecule is O=C(O)C(=O)CC1(C(=O)C2C=CC=NC2)C=Nc2ccccc21. The molecule has 2 aliphatic heterocycles. The molecule has 0 fully saturated rings. The van der Waals surface area contributed by atoms with Gasteiger partial charge in [0.15, 0.2) is 5.78 Å². The van der Waals surface area contributed by atoms with E-state index in [9.17, 15) is 14.4 Å². The molecule has 0 aliphatic carbocycles. The van der Waals surface area contributed by atoms with Gasteiger partial charge in [0.1, 0.15) is 0 Å². The molecule has 0 saturated carbocycles. The zero-order valence-electron chi connectivity index (χ0n) is 12.2. The summed E-state index contributed by atoms with van der Waals surface area (Å²) in [5.74, 6) is -3.31. The molecule has 0 spiro atoms. The number of hydrogen-bond acceptors (Lipinski definition) is 5. The lowest BCUT2D eigenvalue weighted by Gasteiger charge is -2.28. The average Bonchev–Trinajstić information content (AvgIpc) is 2.95. The molecule has 2 heterocycles. The lowest BCUT2D eigenvalue weighted by atomic mass is 9.70. The first kappa shape index (κ1) is 15.0. The highest BCUT2D eigenvalue weighted by Crippen LogP contribution is 2.41. The van der Waals surface area contributed by atoms with Gasteiger partial charge in [-0.25, -0.2) is 4.79 Å². The summed E-state index contributed by atoms with van der Waals surface area (Å²) < 4.78 is 0. The van der Waals surface area contributed by atoms with Crippen LogP contribution in [0, 0.1) is 5.92 Å². The molecule has 2 atom stereocenters. The van der Waals surface area contributed by atoms with Crippen LogP contribution in [-0.2, 0) is 19.8 Å². The smallest absolute Gasteiger partial charge is 0.372 e. The van der Waals surface area contributed by atoms with Crippen molar-refractivity contribution in [1.82, 2.24) is 0 Å². The highest BCUT2D eigenvalue weighted by Gasteiger charge is 2.47. The van der Waals surface area contributed by atoms with E-state index in [2.05, 4.69) is 9.98 Å². The van der Waals surface area contributed by atoms with Crippen molar-refractivity contribution in [3.05, 3.63) is 42.0 Å². The monoisotopic (exact) mass is 310 g/mol. The molecule has 0 aromatic heterocycles. The maximum absolute atomic E-state index is 13.1.